The quantitative estimate of drug-likeness (QED) is 0.302. The van der Waals surface area contributed by atoms with Crippen LogP contribution in [0.15, 0.2) is 5.11 Å². The fourth-order valence-electron chi connectivity index (χ4n) is 1.54. The first-order valence-electron chi connectivity index (χ1n) is 5.02. The van der Waals surface area contributed by atoms with Crippen LogP contribution in [0.3, 0.4) is 0 Å². The van der Waals surface area contributed by atoms with Crippen LogP contribution in [-0.2, 0) is 0 Å². The van der Waals surface area contributed by atoms with E-state index in [1.54, 1.807) is 0 Å². The average molecular weight is 193 g/mol. The standard InChI is InChI=1S/C9H15N5/c10-7-9(8-3-1-4-8)12-5-2-6-13-14-11/h8-9,12H,1-6H2. The van der Waals surface area contributed by atoms with Crippen molar-refractivity contribution in [2.24, 2.45) is 11.0 Å². The molecule has 1 atom stereocenters. The molecule has 0 aromatic carbocycles. The van der Waals surface area contributed by atoms with Crippen molar-refractivity contribution in [2.75, 3.05) is 13.1 Å². The van der Waals surface area contributed by atoms with E-state index < -0.39 is 0 Å². The van der Waals surface area contributed by atoms with Gasteiger partial charge in [-0.25, -0.2) is 0 Å². The molecule has 1 rings (SSSR count). The first-order chi connectivity index (χ1) is 6.88. The molecule has 1 unspecified atom stereocenters. The van der Waals surface area contributed by atoms with Crippen LogP contribution in [0.4, 0.5) is 0 Å². The van der Waals surface area contributed by atoms with Crippen LogP contribution < -0.4 is 5.32 Å². The normalized spacial score (nSPS) is 17.6. The fourth-order valence-corrected chi connectivity index (χ4v) is 1.54. The van der Waals surface area contributed by atoms with Crippen LogP contribution in [0.25, 0.3) is 10.4 Å². The second-order valence-electron chi connectivity index (χ2n) is 3.56. The zero-order valence-electron chi connectivity index (χ0n) is 8.19. The molecular weight excluding hydrogens is 178 g/mol. The second kappa shape index (κ2) is 6.25. The number of nitriles is 1. The van der Waals surface area contributed by atoms with Gasteiger partial charge in [-0.05, 0) is 37.3 Å². The molecule has 0 radical (unpaired) electrons. The molecule has 1 aliphatic rings. The smallest absolute Gasteiger partial charge is 0.0981 e. The summed E-state index contributed by atoms with van der Waals surface area (Å²) in [4.78, 5) is 2.67. The van der Waals surface area contributed by atoms with Gasteiger partial charge in [0.1, 0.15) is 0 Å². The number of rotatable bonds is 6. The van der Waals surface area contributed by atoms with E-state index in [-0.39, 0.29) is 6.04 Å². The predicted molar refractivity (Wildman–Crippen MR) is 53.4 cm³/mol. The van der Waals surface area contributed by atoms with E-state index in [2.05, 4.69) is 21.4 Å². The molecule has 0 aliphatic heterocycles. The molecule has 1 fully saturated rings. The summed E-state index contributed by atoms with van der Waals surface area (Å²) in [6.07, 6.45) is 4.39. The lowest BCUT2D eigenvalue weighted by atomic mass is 9.80. The Bertz CT molecular complexity index is 246. The van der Waals surface area contributed by atoms with Gasteiger partial charge in [-0.15, -0.1) is 0 Å². The van der Waals surface area contributed by atoms with E-state index in [1.807, 2.05) is 0 Å². The summed E-state index contributed by atoms with van der Waals surface area (Å²) in [6, 6.07) is 2.28. The zero-order valence-corrected chi connectivity index (χ0v) is 8.19. The fraction of sp³-hybridized carbons (Fsp3) is 0.889. The van der Waals surface area contributed by atoms with E-state index >= 15 is 0 Å². The van der Waals surface area contributed by atoms with Crippen LogP contribution in [-0.4, -0.2) is 19.1 Å². The Morgan fingerprint density at radius 2 is 2.43 bits per heavy atom. The molecule has 0 bridgehead atoms. The first kappa shape index (κ1) is 10.8. The lowest BCUT2D eigenvalue weighted by Gasteiger charge is -2.30. The van der Waals surface area contributed by atoms with Gasteiger partial charge in [0.2, 0.25) is 0 Å². The summed E-state index contributed by atoms with van der Waals surface area (Å²) >= 11 is 0. The largest absolute Gasteiger partial charge is 0.302 e. The monoisotopic (exact) mass is 193 g/mol. The molecule has 0 aromatic rings. The van der Waals surface area contributed by atoms with Crippen molar-refractivity contribution in [3.63, 3.8) is 0 Å². The molecule has 5 nitrogen and oxygen atoms in total. The van der Waals surface area contributed by atoms with Gasteiger partial charge in [0.05, 0.1) is 12.1 Å². The third-order valence-electron chi connectivity index (χ3n) is 2.62. The number of nitrogens with one attached hydrogen (secondary N) is 1. The van der Waals surface area contributed by atoms with Gasteiger partial charge >= 0.3 is 0 Å². The lowest BCUT2D eigenvalue weighted by Crippen LogP contribution is -2.38. The maximum Gasteiger partial charge on any atom is 0.0981 e. The Morgan fingerprint density at radius 1 is 1.64 bits per heavy atom. The summed E-state index contributed by atoms with van der Waals surface area (Å²) in [5.41, 5.74) is 8.04. The molecule has 14 heavy (non-hydrogen) atoms. The number of hydrogen-bond donors (Lipinski definition) is 1. The van der Waals surface area contributed by atoms with Gasteiger partial charge in [0, 0.05) is 11.5 Å². The summed E-state index contributed by atoms with van der Waals surface area (Å²) in [6.45, 7) is 1.26. The van der Waals surface area contributed by atoms with Crippen molar-refractivity contribution >= 4 is 0 Å². The van der Waals surface area contributed by atoms with Crippen LogP contribution in [0.2, 0.25) is 0 Å². The van der Waals surface area contributed by atoms with Gasteiger partial charge in [-0.1, -0.05) is 11.5 Å². The molecule has 0 amide bonds. The van der Waals surface area contributed by atoms with Crippen molar-refractivity contribution in [2.45, 2.75) is 31.7 Å². The van der Waals surface area contributed by atoms with Gasteiger partial charge in [0.15, 0.2) is 0 Å². The van der Waals surface area contributed by atoms with Crippen LogP contribution in [0.5, 0.6) is 0 Å². The molecule has 1 saturated carbocycles. The second-order valence-corrected chi connectivity index (χ2v) is 3.56. The summed E-state index contributed by atoms with van der Waals surface area (Å²) in [5.74, 6) is 0.541. The zero-order chi connectivity index (χ0) is 10.2. The predicted octanol–water partition coefficient (Wildman–Crippen LogP) is 1.97. The van der Waals surface area contributed by atoms with E-state index in [1.165, 1.54) is 19.3 Å². The minimum absolute atomic E-state index is 0.00480. The highest BCUT2D eigenvalue weighted by Gasteiger charge is 2.26. The number of hydrogen-bond acceptors (Lipinski definition) is 3. The molecule has 76 valence electrons. The van der Waals surface area contributed by atoms with Crippen LogP contribution in [0.1, 0.15) is 25.7 Å². The van der Waals surface area contributed by atoms with E-state index in [0.29, 0.717) is 12.5 Å². The maximum absolute atomic E-state index is 8.87. The van der Waals surface area contributed by atoms with Crippen LogP contribution >= 0.6 is 0 Å². The maximum atomic E-state index is 8.87. The number of azide groups is 1. The molecular formula is C9H15N5. The minimum Gasteiger partial charge on any atom is -0.302 e. The molecule has 1 aliphatic carbocycles. The van der Waals surface area contributed by atoms with Crippen molar-refractivity contribution in [1.82, 2.24) is 5.32 Å². The molecule has 5 heteroatoms. The Kier molecular flexibility index (Phi) is 4.84. The third-order valence-corrected chi connectivity index (χ3v) is 2.62. The van der Waals surface area contributed by atoms with E-state index in [9.17, 15) is 0 Å². The Balaban J connectivity index is 2.08. The van der Waals surface area contributed by atoms with Gasteiger partial charge < -0.3 is 5.32 Å². The van der Waals surface area contributed by atoms with Gasteiger partial charge in [-0.3, -0.25) is 0 Å². The van der Waals surface area contributed by atoms with Gasteiger partial charge in [-0.2, -0.15) is 5.26 Å². The van der Waals surface area contributed by atoms with Crippen molar-refractivity contribution in [3.05, 3.63) is 10.4 Å². The van der Waals surface area contributed by atoms with E-state index in [4.69, 9.17) is 10.8 Å². The summed E-state index contributed by atoms with van der Waals surface area (Å²) < 4.78 is 0. The minimum atomic E-state index is -0.00480. The summed E-state index contributed by atoms with van der Waals surface area (Å²) in [7, 11) is 0. The SMILES string of the molecule is N#CC(NCCCN=[N+]=[N-])C1CCC1. The molecule has 0 saturated heterocycles. The Labute approximate surface area is 83.7 Å². The molecule has 0 heterocycles. The van der Waals surface area contributed by atoms with Crippen molar-refractivity contribution < 1.29 is 0 Å². The average Bonchev–Trinajstić information content (AvgIpc) is 2.12. The van der Waals surface area contributed by atoms with E-state index in [0.717, 1.165) is 13.0 Å². The van der Waals surface area contributed by atoms with Crippen LogP contribution in [0, 0.1) is 17.2 Å². The lowest BCUT2D eigenvalue weighted by molar-refractivity contribution is 0.263. The van der Waals surface area contributed by atoms with Crippen molar-refractivity contribution in [3.8, 4) is 6.07 Å². The Hall–Kier alpha value is -1.24. The number of nitrogens with zero attached hydrogens (tertiary/aromatic N) is 4. The highest BCUT2D eigenvalue weighted by Crippen LogP contribution is 2.29. The Morgan fingerprint density at radius 3 is 2.93 bits per heavy atom. The molecule has 1 N–H and O–H groups in total. The topological polar surface area (TPSA) is 84.6 Å². The molecule has 0 aromatic heterocycles. The first-order valence-corrected chi connectivity index (χ1v) is 5.02. The highest BCUT2D eigenvalue weighted by molar-refractivity contribution is 4.97. The van der Waals surface area contributed by atoms with Crippen molar-refractivity contribution in [1.29, 1.82) is 5.26 Å². The summed E-state index contributed by atoms with van der Waals surface area (Å²) in [5, 5.41) is 15.5. The molecule has 0 spiro atoms. The third kappa shape index (κ3) is 3.25. The highest BCUT2D eigenvalue weighted by atomic mass is 15.1. The van der Waals surface area contributed by atoms with Gasteiger partial charge in [0.25, 0.3) is 0 Å².